The fourth-order valence-corrected chi connectivity index (χ4v) is 2.08. The first-order chi connectivity index (χ1) is 7.56. The van der Waals surface area contributed by atoms with Crippen molar-refractivity contribution in [2.45, 2.75) is 13.5 Å². The number of nitrogens with zero attached hydrogens (tertiary/aromatic N) is 1. The molecule has 0 atom stereocenters. The number of aryl methyl sites for hydroxylation is 1. The van der Waals surface area contributed by atoms with Crippen LogP contribution in [0.2, 0.25) is 5.02 Å². The van der Waals surface area contributed by atoms with Crippen molar-refractivity contribution < 1.29 is 9.90 Å². The van der Waals surface area contributed by atoms with E-state index in [2.05, 4.69) is 0 Å². The van der Waals surface area contributed by atoms with Crippen molar-refractivity contribution in [3.05, 3.63) is 28.9 Å². The zero-order chi connectivity index (χ0) is 11.9. The van der Waals surface area contributed by atoms with Crippen molar-refractivity contribution >= 4 is 34.2 Å². The first-order valence-corrected chi connectivity index (χ1v) is 5.24. The number of fused-ring (bicyclic) bond motifs is 1. The number of aromatic carboxylic acids is 1. The zero-order valence-electron chi connectivity index (χ0n) is 8.70. The first-order valence-electron chi connectivity index (χ1n) is 4.86. The van der Waals surface area contributed by atoms with Crippen molar-refractivity contribution in [1.82, 2.24) is 4.57 Å². The molecule has 1 heterocycles. The molecule has 16 heavy (non-hydrogen) atoms. The fraction of sp³-hybridized carbons (Fsp3) is 0.182. The third-order valence-electron chi connectivity index (χ3n) is 2.58. The second kappa shape index (κ2) is 3.72. The Balaban J connectivity index is 2.90. The molecule has 0 fully saturated rings. The number of carboxylic acids is 1. The number of benzene rings is 1. The smallest absolute Gasteiger partial charge is 0.354 e. The van der Waals surface area contributed by atoms with Gasteiger partial charge in [0, 0.05) is 17.0 Å². The number of anilines is 1. The molecule has 4 nitrogen and oxygen atoms in total. The third kappa shape index (κ3) is 1.42. The van der Waals surface area contributed by atoms with Gasteiger partial charge in [-0.3, -0.25) is 0 Å². The number of hydrogen-bond donors (Lipinski definition) is 2. The summed E-state index contributed by atoms with van der Waals surface area (Å²) < 4.78 is 1.67. The van der Waals surface area contributed by atoms with Crippen molar-refractivity contribution in [2.24, 2.45) is 0 Å². The summed E-state index contributed by atoms with van der Waals surface area (Å²) in [6.07, 6.45) is 0. The van der Waals surface area contributed by atoms with Gasteiger partial charge in [-0.15, -0.1) is 0 Å². The van der Waals surface area contributed by atoms with Gasteiger partial charge in [0.1, 0.15) is 0 Å². The summed E-state index contributed by atoms with van der Waals surface area (Å²) in [7, 11) is 0. The van der Waals surface area contributed by atoms with E-state index in [9.17, 15) is 4.79 Å². The monoisotopic (exact) mass is 238 g/mol. The van der Waals surface area contributed by atoms with E-state index >= 15 is 0 Å². The molecule has 1 aromatic heterocycles. The van der Waals surface area contributed by atoms with Gasteiger partial charge in [0.15, 0.2) is 5.69 Å². The number of carbonyl (C=O) groups is 1. The van der Waals surface area contributed by atoms with Crippen LogP contribution < -0.4 is 5.73 Å². The molecule has 1 aromatic carbocycles. The maximum atomic E-state index is 11.1. The van der Waals surface area contributed by atoms with Gasteiger partial charge in [-0.25, -0.2) is 4.79 Å². The minimum Gasteiger partial charge on any atom is -0.477 e. The summed E-state index contributed by atoms with van der Waals surface area (Å²) in [4.78, 5) is 11.1. The van der Waals surface area contributed by atoms with Crippen LogP contribution in [0.3, 0.4) is 0 Å². The minimum atomic E-state index is -1.02. The van der Waals surface area contributed by atoms with E-state index in [4.69, 9.17) is 22.4 Å². The van der Waals surface area contributed by atoms with E-state index in [1.807, 2.05) is 6.92 Å². The number of nitrogens with two attached hydrogens (primary N) is 1. The maximum Gasteiger partial charge on any atom is 0.354 e. The Kier molecular flexibility index (Phi) is 2.52. The summed E-state index contributed by atoms with van der Waals surface area (Å²) >= 11 is 5.86. The normalized spacial score (nSPS) is 10.9. The number of halogens is 1. The van der Waals surface area contributed by atoms with Crippen LogP contribution in [-0.4, -0.2) is 15.6 Å². The second-order valence-electron chi connectivity index (χ2n) is 3.47. The summed E-state index contributed by atoms with van der Waals surface area (Å²) in [6.45, 7) is 2.43. The lowest BCUT2D eigenvalue weighted by molar-refractivity contribution is 0.0687. The lowest BCUT2D eigenvalue weighted by Gasteiger charge is -2.03. The Morgan fingerprint density at radius 2 is 2.25 bits per heavy atom. The number of aromatic nitrogens is 1. The molecule has 2 rings (SSSR count). The summed E-state index contributed by atoms with van der Waals surface area (Å²) in [5, 5.41) is 10.3. The molecule has 2 aromatic rings. The van der Waals surface area contributed by atoms with Crippen LogP contribution in [0.1, 0.15) is 17.4 Å². The average Bonchev–Trinajstić information content (AvgIpc) is 2.51. The Bertz CT molecular complexity index is 575. The van der Waals surface area contributed by atoms with Crippen LogP contribution >= 0.6 is 11.6 Å². The Hall–Kier alpha value is -1.68. The fourth-order valence-electron chi connectivity index (χ4n) is 1.91. The molecule has 84 valence electrons. The molecular formula is C11H11ClN2O2. The minimum absolute atomic E-state index is 0.125. The summed E-state index contributed by atoms with van der Waals surface area (Å²) in [5.41, 5.74) is 7.01. The molecule has 5 heteroatoms. The zero-order valence-corrected chi connectivity index (χ0v) is 9.45. The topological polar surface area (TPSA) is 68.2 Å². The molecule has 0 saturated carbocycles. The quantitative estimate of drug-likeness (QED) is 0.845. The summed E-state index contributed by atoms with van der Waals surface area (Å²) in [5.74, 6) is -1.02. The Morgan fingerprint density at radius 1 is 1.56 bits per heavy atom. The third-order valence-corrected chi connectivity index (χ3v) is 2.82. The lowest BCUT2D eigenvalue weighted by atomic mass is 10.2. The van der Waals surface area contributed by atoms with Gasteiger partial charge in [-0.2, -0.15) is 0 Å². The molecule has 0 amide bonds. The predicted octanol–water partition coefficient (Wildman–Crippen LogP) is 2.60. The molecule has 3 N–H and O–H groups in total. The van der Waals surface area contributed by atoms with Gasteiger partial charge >= 0.3 is 5.97 Å². The van der Waals surface area contributed by atoms with Crippen LogP contribution in [-0.2, 0) is 6.54 Å². The van der Waals surface area contributed by atoms with E-state index in [1.54, 1.807) is 22.8 Å². The second-order valence-corrected chi connectivity index (χ2v) is 3.91. The maximum absolute atomic E-state index is 11.1. The van der Waals surface area contributed by atoms with Crippen molar-refractivity contribution in [2.75, 3.05) is 5.73 Å². The SMILES string of the molecule is CCn1c(C(=O)O)c(N)c2cc(Cl)ccc21. The van der Waals surface area contributed by atoms with Gasteiger partial charge in [0.25, 0.3) is 0 Å². The molecule has 0 aliphatic heterocycles. The number of carboxylic acid groups (broad SMARTS) is 1. The van der Waals surface area contributed by atoms with Gasteiger partial charge in [0.2, 0.25) is 0 Å². The van der Waals surface area contributed by atoms with E-state index in [-0.39, 0.29) is 11.4 Å². The van der Waals surface area contributed by atoms with Crippen LogP contribution in [0, 0.1) is 0 Å². The van der Waals surface area contributed by atoms with Crippen molar-refractivity contribution in [3.8, 4) is 0 Å². The van der Waals surface area contributed by atoms with Gasteiger partial charge in [0.05, 0.1) is 11.2 Å². The van der Waals surface area contributed by atoms with Crippen LogP contribution in [0.5, 0.6) is 0 Å². The van der Waals surface area contributed by atoms with Gasteiger partial charge in [-0.05, 0) is 25.1 Å². The molecule has 0 unspecified atom stereocenters. The molecule has 0 bridgehead atoms. The molecule has 0 aliphatic rings. The Morgan fingerprint density at radius 3 is 2.81 bits per heavy atom. The van der Waals surface area contributed by atoms with E-state index in [0.717, 1.165) is 5.52 Å². The number of rotatable bonds is 2. The predicted molar refractivity (Wildman–Crippen MR) is 64.0 cm³/mol. The van der Waals surface area contributed by atoms with E-state index < -0.39 is 5.97 Å². The molecule has 0 saturated heterocycles. The summed E-state index contributed by atoms with van der Waals surface area (Å²) in [6, 6.07) is 5.19. The van der Waals surface area contributed by atoms with Gasteiger partial charge in [-0.1, -0.05) is 11.6 Å². The van der Waals surface area contributed by atoms with E-state index in [1.165, 1.54) is 0 Å². The molecule has 0 aliphatic carbocycles. The Labute approximate surface area is 97.2 Å². The van der Waals surface area contributed by atoms with Crippen LogP contribution in [0.25, 0.3) is 10.9 Å². The standard InChI is InChI=1S/C11H11ClN2O2/c1-2-14-8-4-3-6(12)5-7(8)9(13)10(14)11(15)16/h3-5H,2,13H2,1H3,(H,15,16). The largest absolute Gasteiger partial charge is 0.477 e. The van der Waals surface area contributed by atoms with E-state index in [0.29, 0.717) is 17.0 Å². The van der Waals surface area contributed by atoms with Crippen molar-refractivity contribution in [1.29, 1.82) is 0 Å². The first kappa shape index (κ1) is 10.8. The van der Waals surface area contributed by atoms with Crippen molar-refractivity contribution in [3.63, 3.8) is 0 Å². The molecular weight excluding hydrogens is 228 g/mol. The number of nitrogen functional groups attached to an aromatic ring is 1. The highest BCUT2D eigenvalue weighted by atomic mass is 35.5. The van der Waals surface area contributed by atoms with Crippen LogP contribution in [0.15, 0.2) is 18.2 Å². The average molecular weight is 239 g/mol. The highest BCUT2D eigenvalue weighted by molar-refractivity contribution is 6.31. The molecule has 0 radical (unpaired) electrons. The van der Waals surface area contributed by atoms with Crippen LogP contribution in [0.4, 0.5) is 5.69 Å². The number of hydrogen-bond acceptors (Lipinski definition) is 2. The van der Waals surface area contributed by atoms with Gasteiger partial charge < -0.3 is 15.4 Å². The lowest BCUT2D eigenvalue weighted by Crippen LogP contribution is -2.09. The highest BCUT2D eigenvalue weighted by Gasteiger charge is 2.19. The highest BCUT2D eigenvalue weighted by Crippen LogP contribution is 2.30. The molecule has 0 spiro atoms.